The van der Waals surface area contributed by atoms with Gasteiger partial charge in [0, 0.05) is 5.56 Å². The van der Waals surface area contributed by atoms with Crippen molar-refractivity contribution in [1.82, 2.24) is 5.06 Å². The molecule has 7 heteroatoms. The van der Waals surface area contributed by atoms with Gasteiger partial charge in [-0.05, 0) is 30.7 Å². The van der Waals surface area contributed by atoms with Crippen LogP contribution >= 0.6 is 0 Å². The van der Waals surface area contributed by atoms with Crippen molar-refractivity contribution in [3.8, 4) is 11.5 Å². The lowest BCUT2D eigenvalue weighted by atomic mass is 10.1. The van der Waals surface area contributed by atoms with Gasteiger partial charge in [0.2, 0.25) is 0 Å². The molecule has 0 fully saturated rings. The van der Waals surface area contributed by atoms with Crippen LogP contribution in [0.1, 0.15) is 43.6 Å². The molecule has 0 radical (unpaired) electrons. The number of nitrogens with zero attached hydrogens (tertiary/aromatic N) is 1. The van der Waals surface area contributed by atoms with Gasteiger partial charge in [0.05, 0.1) is 30.9 Å². The van der Waals surface area contributed by atoms with Crippen LogP contribution in [0.2, 0.25) is 0 Å². The predicted octanol–water partition coefficient (Wildman–Crippen LogP) is 2.63. The average Bonchev–Trinajstić information content (AvgIpc) is 2.91. The highest BCUT2D eigenvalue weighted by molar-refractivity contribution is 6.21. The fourth-order valence-corrected chi connectivity index (χ4v) is 2.84. The molecular weight excluding hydrogens is 338 g/mol. The number of amides is 2. The van der Waals surface area contributed by atoms with Gasteiger partial charge in [-0.1, -0.05) is 24.1 Å². The van der Waals surface area contributed by atoms with Crippen LogP contribution in [0.5, 0.6) is 11.5 Å². The lowest BCUT2D eigenvalue weighted by Gasteiger charge is -2.16. The van der Waals surface area contributed by atoms with Crippen LogP contribution in [-0.2, 0) is 11.3 Å². The topological polar surface area (TPSA) is 82.1 Å². The van der Waals surface area contributed by atoms with Crippen LogP contribution in [0, 0.1) is 0 Å². The highest BCUT2D eigenvalue weighted by Gasteiger charge is 2.39. The van der Waals surface area contributed by atoms with Crippen LogP contribution in [0.3, 0.4) is 0 Å². The van der Waals surface area contributed by atoms with Crippen molar-refractivity contribution >= 4 is 17.8 Å². The fourth-order valence-electron chi connectivity index (χ4n) is 2.84. The van der Waals surface area contributed by atoms with Gasteiger partial charge >= 0.3 is 5.97 Å². The lowest BCUT2D eigenvalue weighted by Crippen LogP contribution is -2.32. The smallest absolute Gasteiger partial charge is 0.364 e. The molecule has 134 valence electrons. The SMILES string of the molecule is CCc1c(OC)cc(C(=O)ON2C(=O)c3ccccc3C2=O)cc1OC. The third-order valence-corrected chi connectivity index (χ3v) is 4.13. The third-order valence-electron chi connectivity index (χ3n) is 4.13. The van der Waals surface area contributed by atoms with Gasteiger partial charge in [-0.3, -0.25) is 9.59 Å². The zero-order chi connectivity index (χ0) is 18.8. The Morgan fingerprint density at radius 2 is 1.46 bits per heavy atom. The lowest BCUT2D eigenvalue weighted by molar-refractivity contribution is -0.0584. The third kappa shape index (κ3) is 2.77. The molecule has 3 rings (SSSR count). The van der Waals surface area contributed by atoms with E-state index in [1.54, 1.807) is 12.1 Å². The van der Waals surface area contributed by atoms with Crippen LogP contribution in [-0.4, -0.2) is 37.1 Å². The molecule has 1 aliphatic heterocycles. The summed E-state index contributed by atoms with van der Waals surface area (Å²) in [4.78, 5) is 42.2. The van der Waals surface area contributed by atoms with Crippen molar-refractivity contribution in [3.05, 3.63) is 58.7 Å². The van der Waals surface area contributed by atoms with Crippen LogP contribution in [0.25, 0.3) is 0 Å². The van der Waals surface area contributed by atoms with E-state index >= 15 is 0 Å². The van der Waals surface area contributed by atoms with E-state index in [0.29, 0.717) is 23.0 Å². The Kier molecular flexibility index (Phi) is 4.62. The number of hydrogen-bond acceptors (Lipinski definition) is 6. The quantitative estimate of drug-likeness (QED) is 0.767. The van der Waals surface area contributed by atoms with Gasteiger partial charge < -0.3 is 14.3 Å². The number of carbonyl (C=O) groups excluding carboxylic acids is 3. The number of hydroxylamine groups is 2. The number of carbonyl (C=O) groups is 3. The first kappa shape index (κ1) is 17.5. The standard InChI is InChI=1S/C19H17NO6/c1-4-12-15(24-2)9-11(10-16(12)25-3)19(23)26-20-17(21)13-7-5-6-8-14(13)18(20)22/h5-10H,4H2,1-3H3. The molecule has 0 saturated heterocycles. The Bertz CT molecular complexity index is 845. The second-order valence-corrected chi connectivity index (χ2v) is 5.54. The van der Waals surface area contributed by atoms with Crippen LogP contribution in [0.4, 0.5) is 0 Å². The second kappa shape index (κ2) is 6.87. The van der Waals surface area contributed by atoms with E-state index in [0.717, 1.165) is 5.56 Å². The summed E-state index contributed by atoms with van der Waals surface area (Å²) in [5.41, 5.74) is 1.29. The van der Waals surface area contributed by atoms with E-state index in [1.165, 1.54) is 38.5 Å². The van der Waals surface area contributed by atoms with Gasteiger partial charge in [0.1, 0.15) is 11.5 Å². The normalized spacial score (nSPS) is 12.8. The molecule has 1 aliphatic rings. The summed E-state index contributed by atoms with van der Waals surface area (Å²) in [6.07, 6.45) is 0.639. The number of rotatable bonds is 5. The number of hydrogen-bond donors (Lipinski definition) is 0. The predicted molar refractivity (Wildman–Crippen MR) is 91.3 cm³/mol. The maximum atomic E-state index is 12.5. The summed E-state index contributed by atoms with van der Waals surface area (Å²) in [5.74, 6) is -1.30. The Morgan fingerprint density at radius 1 is 0.962 bits per heavy atom. The second-order valence-electron chi connectivity index (χ2n) is 5.54. The molecule has 2 aromatic carbocycles. The number of imide groups is 1. The molecule has 0 N–H and O–H groups in total. The van der Waals surface area contributed by atoms with E-state index < -0.39 is 17.8 Å². The van der Waals surface area contributed by atoms with Crippen LogP contribution in [0.15, 0.2) is 36.4 Å². The minimum absolute atomic E-state index is 0.104. The fraction of sp³-hybridized carbons (Fsp3) is 0.211. The van der Waals surface area contributed by atoms with Crippen molar-refractivity contribution in [2.45, 2.75) is 13.3 Å². The average molecular weight is 355 g/mol. The molecule has 26 heavy (non-hydrogen) atoms. The van der Waals surface area contributed by atoms with Gasteiger partial charge in [-0.25, -0.2) is 4.79 Å². The number of fused-ring (bicyclic) bond motifs is 1. The zero-order valence-corrected chi connectivity index (χ0v) is 14.6. The maximum absolute atomic E-state index is 12.5. The van der Waals surface area contributed by atoms with E-state index in [4.69, 9.17) is 14.3 Å². The maximum Gasteiger partial charge on any atom is 0.364 e. The molecule has 0 bridgehead atoms. The van der Waals surface area contributed by atoms with E-state index in [1.807, 2.05) is 6.92 Å². The first-order valence-corrected chi connectivity index (χ1v) is 7.96. The van der Waals surface area contributed by atoms with Gasteiger partial charge in [0.15, 0.2) is 0 Å². The molecule has 0 atom stereocenters. The molecule has 1 heterocycles. The first-order chi connectivity index (χ1) is 12.5. The molecule has 0 spiro atoms. The van der Waals surface area contributed by atoms with Gasteiger partial charge in [-0.15, -0.1) is 0 Å². The number of ether oxygens (including phenoxy) is 2. The molecule has 0 aliphatic carbocycles. The molecule has 2 aromatic rings. The molecular formula is C19H17NO6. The Hall–Kier alpha value is -3.35. The highest BCUT2D eigenvalue weighted by atomic mass is 16.7. The Morgan fingerprint density at radius 3 is 1.88 bits per heavy atom. The Balaban J connectivity index is 1.90. The summed E-state index contributed by atoms with van der Waals surface area (Å²) in [5, 5.41) is 0.472. The van der Waals surface area contributed by atoms with Crippen molar-refractivity contribution in [2.75, 3.05) is 14.2 Å². The minimum atomic E-state index is -0.862. The Labute approximate surface area is 150 Å². The van der Waals surface area contributed by atoms with E-state index in [-0.39, 0.29) is 16.7 Å². The van der Waals surface area contributed by atoms with E-state index in [2.05, 4.69) is 0 Å². The molecule has 0 saturated carbocycles. The molecule has 0 unspecified atom stereocenters. The first-order valence-electron chi connectivity index (χ1n) is 7.96. The summed E-state index contributed by atoms with van der Waals surface area (Å²) < 4.78 is 10.6. The largest absolute Gasteiger partial charge is 0.496 e. The van der Waals surface area contributed by atoms with Crippen molar-refractivity contribution in [2.24, 2.45) is 0 Å². The van der Waals surface area contributed by atoms with E-state index in [9.17, 15) is 14.4 Å². The van der Waals surface area contributed by atoms with Crippen molar-refractivity contribution in [1.29, 1.82) is 0 Å². The number of methoxy groups -OCH3 is 2. The minimum Gasteiger partial charge on any atom is -0.496 e. The summed E-state index contributed by atoms with van der Waals surface area (Å²) in [6.45, 7) is 1.93. The monoisotopic (exact) mass is 355 g/mol. The van der Waals surface area contributed by atoms with Crippen molar-refractivity contribution < 1.29 is 28.7 Å². The highest BCUT2D eigenvalue weighted by Crippen LogP contribution is 2.32. The molecule has 0 aromatic heterocycles. The summed E-state index contributed by atoms with van der Waals surface area (Å²) >= 11 is 0. The summed E-state index contributed by atoms with van der Waals surface area (Å²) in [7, 11) is 2.96. The van der Waals surface area contributed by atoms with Gasteiger partial charge in [-0.2, -0.15) is 0 Å². The number of benzene rings is 2. The molecule has 2 amide bonds. The molecule has 7 nitrogen and oxygen atoms in total. The van der Waals surface area contributed by atoms with Crippen molar-refractivity contribution in [3.63, 3.8) is 0 Å². The summed E-state index contributed by atoms with van der Waals surface area (Å²) in [6, 6.07) is 9.25. The zero-order valence-electron chi connectivity index (χ0n) is 14.6. The van der Waals surface area contributed by atoms with Gasteiger partial charge in [0.25, 0.3) is 11.8 Å². The van der Waals surface area contributed by atoms with Crippen LogP contribution < -0.4 is 9.47 Å².